The van der Waals surface area contributed by atoms with Gasteiger partial charge in [0.2, 0.25) is 0 Å². The molecule has 8 heavy (non-hydrogen) atoms. The molecule has 0 saturated carbocycles. The van der Waals surface area contributed by atoms with Crippen LogP contribution in [0.3, 0.4) is 0 Å². The highest BCUT2D eigenvalue weighted by molar-refractivity contribution is 7.95. The molecule has 0 aliphatic heterocycles. The second kappa shape index (κ2) is 4.82. The van der Waals surface area contributed by atoms with Gasteiger partial charge >= 0.3 is 0 Å². The van der Waals surface area contributed by atoms with Crippen molar-refractivity contribution >= 4 is 23.6 Å². The fourth-order valence-electron chi connectivity index (χ4n) is 0.120. The van der Waals surface area contributed by atoms with Gasteiger partial charge in [0, 0.05) is 5.03 Å². The van der Waals surface area contributed by atoms with E-state index in [4.69, 9.17) is 16.9 Å². The molecular formula is C4H4ClNOS. The van der Waals surface area contributed by atoms with Gasteiger partial charge in [0.05, 0.1) is 17.8 Å². The number of halogens is 1. The lowest BCUT2D eigenvalue weighted by Gasteiger charge is -1.88. The molecule has 0 aromatic carbocycles. The fraction of sp³-hybridized carbons (Fsp3) is 0.250. The summed E-state index contributed by atoms with van der Waals surface area (Å²) in [5, 5.41) is 8.29. The van der Waals surface area contributed by atoms with Crippen molar-refractivity contribution in [3.05, 3.63) is 11.6 Å². The maximum absolute atomic E-state index is 7.81. The van der Waals surface area contributed by atoms with E-state index in [1.54, 1.807) is 0 Å². The first-order chi connectivity index (χ1) is 3.77. The molecule has 0 bridgehead atoms. The molecule has 0 spiro atoms. The van der Waals surface area contributed by atoms with E-state index in [2.05, 4.69) is 10.8 Å². The molecule has 0 rings (SSSR count). The van der Waals surface area contributed by atoms with Crippen LogP contribution < -0.4 is 0 Å². The van der Waals surface area contributed by atoms with Crippen molar-refractivity contribution in [3.8, 4) is 6.26 Å². The molecule has 0 unspecified atom stereocenters. The van der Waals surface area contributed by atoms with Gasteiger partial charge in [0.25, 0.3) is 6.26 Å². The first-order valence-electron chi connectivity index (χ1n) is 1.78. The van der Waals surface area contributed by atoms with Gasteiger partial charge in [-0.3, -0.25) is 0 Å². The Morgan fingerprint density at radius 1 is 2.00 bits per heavy atom. The first-order valence-corrected chi connectivity index (χ1v) is 3.07. The third-order valence-corrected chi connectivity index (χ3v) is 1.26. The van der Waals surface area contributed by atoms with E-state index in [0.717, 1.165) is 12.0 Å². The Kier molecular flexibility index (Phi) is 4.62. The summed E-state index contributed by atoms with van der Waals surface area (Å²) in [6.07, 6.45) is 1.49. The zero-order valence-corrected chi connectivity index (χ0v) is 5.63. The molecule has 0 atom stereocenters. The molecule has 0 amide bonds. The SMILES string of the molecule is C=C(Cl)CSOC#N. The molecule has 2 nitrogen and oxygen atoms in total. The summed E-state index contributed by atoms with van der Waals surface area (Å²) in [6, 6.07) is 0. The van der Waals surface area contributed by atoms with Crippen LogP contribution in [0.4, 0.5) is 0 Å². The van der Waals surface area contributed by atoms with Gasteiger partial charge < -0.3 is 4.18 Å². The highest BCUT2D eigenvalue weighted by atomic mass is 35.5. The molecule has 0 N–H and O–H groups in total. The molecule has 4 heteroatoms. The maximum atomic E-state index is 7.81. The van der Waals surface area contributed by atoms with E-state index in [1.165, 1.54) is 6.26 Å². The number of rotatable bonds is 3. The van der Waals surface area contributed by atoms with Gasteiger partial charge in [-0.05, 0) is 0 Å². The lowest BCUT2D eigenvalue weighted by atomic mass is 10.8. The highest BCUT2D eigenvalue weighted by Gasteiger charge is 1.88. The second-order valence-corrected chi connectivity index (χ2v) is 2.18. The van der Waals surface area contributed by atoms with Gasteiger partial charge in [-0.15, -0.1) is 5.26 Å². The lowest BCUT2D eigenvalue weighted by molar-refractivity contribution is 0.596. The van der Waals surface area contributed by atoms with Crippen molar-refractivity contribution in [2.45, 2.75) is 0 Å². The third kappa shape index (κ3) is 5.67. The number of nitriles is 1. The largest absolute Gasteiger partial charge is 0.352 e. The van der Waals surface area contributed by atoms with Crippen LogP contribution in [0.25, 0.3) is 0 Å². The first kappa shape index (κ1) is 7.67. The smallest absolute Gasteiger partial charge is 0.299 e. The summed E-state index contributed by atoms with van der Waals surface area (Å²) in [6.45, 7) is 3.38. The van der Waals surface area contributed by atoms with Crippen molar-refractivity contribution in [1.82, 2.24) is 0 Å². The lowest BCUT2D eigenvalue weighted by Crippen LogP contribution is -1.74. The normalized spacial score (nSPS) is 7.50. The zero-order chi connectivity index (χ0) is 6.41. The predicted octanol–water partition coefficient (Wildman–Crippen LogP) is 1.88. The Hall–Kier alpha value is -0.330. The summed E-state index contributed by atoms with van der Waals surface area (Å²) in [5.41, 5.74) is 0. The molecule has 44 valence electrons. The predicted molar refractivity (Wildman–Crippen MR) is 34.1 cm³/mol. The summed E-state index contributed by atoms with van der Waals surface area (Å²) in [5.74, 6) is 0.453. The molecule has 0 aliphatic carbocycles. The van der Waals surface area contributed by atoms with Crippen LogP contribution in [-0.2, 0) is 4.18 Å². The van der Waals surface area contributed by atoms with E-state index >= 15 is 0 Å². The van der Waals surface area contributed by atoms with E-state index in [1.807, 2.05) is 0 Å². The molecule has 0 aromatic heterocycles. The number of nitrogens with zero attached hydrogens (tertiary/aromatic N) is 1. The summed E-state index contributed by atoms with van der Waals surface area (Å²) in [7, 11) is 0. The standard InChI is InChI=1S/C4H4ClNOS/c1-4(5)2-8-7-3-6/h1-2H2. The van der Waals surface area contributed by atoms with Crippen LogP contribution in [0.1, 0.15) is 0 Å². The van der Waals surface area contributed by atoms with Crippen molar-refractivity contribution < 1.29 is 4.18 Å². The van der Waals surface area contributed by atoms with Crippen LogP contribution in [-0.4, -0.2) is 5.75 Å². The van der Waals surface area contributed by atoms with Gasteiger partial charge in [-0.2, -0.15) is 0 Å². The van der Waals surface area contributed by atoms with E-state index < -0.39 is 0 Å². The van der Waals surface area contributed by atoms with Crippen LogP contribution in [0.15, 0.2) is 11.6 Å². The van der Waals surface area contributed by atoms with E-state index in [-0.39, 0.29) is 0 Å². The number of hydrogen-bond acceptors (Lipinski definition) is 3. The summed E-state index contributed by atoms with van der Waals surface area (Å²) in [4.78, 5) is 0. The van der Waals surface area contributed by atoms with Gasteiger partial charge in [-0.1, -0.05) is 18.2 Å². The molecule has 0 heterocycles. The van der Waals surface area contributed by atoms with Crippen molar-refractivity contribution in [3.63, 3.8) is 0 Å². The summed E-state index contributed by atoms with van der Waals surface area (Å²) >= 11 is 6.28. The van der Waals surface area contributed by atoms with Crippen LogP contribution in [0, 0.1) is 11.5 Å². The molecule has 0 saturated heterocycles. The zero-order valence-electron chi connectivity index (χ0n) is 4.06. The topological polar surface area (TPSA) is 33.0 Å². The minimum atomic E-state index is 0.453. The molecule has 0 fully saturated rings. The number of hydrogen-bond donors (Lipinski definition) is 0. The van der Waals surface area contributed by atoms with Crippen LogP contribution >= 0.6 is 23.6 Å². The van der Waals surface area contributed by atoms with Gasteiger partial charge in [0.15, 0.2) is 0 Å². The van der Waals surface area contributed by atoms with Crippen LogP contribution in [0.5, 0.6) is 0 Å². The Labute approximate surface area is 57.3 Å². The monoisotopic (exact) mass is 149 g/mol. The Morgan fingerprint density at radius 2 is 2.62 bits per heavy atom. The molecule has 0 aromatic rings. The maximum Gasteiger partial charge on any atom is 0.299 e. The van der Waals surface area contributed by atoms with E-state index in [9.17, 15) is 0 Å². The Balaban J connectivity index is 2.97. The quantitative estimate of drug-likeness (QED) is 0.349. The van der Waals surface area contributed by atoms with Crippen molar-refractivity contribution in [1.29, 1.82) is 5.26 Å². The molecule has 0 radical (unpaired) electrons. The van der Waals surface area contributed by atoms with Crippen molar-refractivity contribution in [2.24, 2.45) is 0 Å². The minimum Gasteiger partial charge on any atom is -0.352 e. The average molecular weight is 150 g/mol. The minimum absolute atomic E-state index is 0.453. The molecular weight excluding hydrogens is 146 g/mol. The second-order valence-electron chi connectivity index (χ2n) is 0.954. The van der Waals surface area contributed by atoms with E-state index in [0.29, 0.717) is 10.8 Å². The van der Waals surface area contributed by atoms with Gasteiger partial charge in [-0.25, -0.2) is 0 Å². The Morgan fingerprint density at radius 3 is 3.00 bits per heavy atom. The average Bonchev–Trinajstić information content (AvgIpc) is 1.66. The highest BCUT2D eigenvalue weighted by Crippen LogP contribution is 2.08. The fourth-order valence-corrected chi connectivity index (χ4v) is 0.493. The van der Waals surface area contributed by atoms with Crippen LogP contribution in [0.2, 0.25) is 0 Å². The Bertz CT molecular complexity index is 120. The van der Waals surface area contributed by atoms with Gasteiger partial charge in [0.1, 0.15) is 0 Å². The van der Waals surface area contributed by atoms with Crippen molar-refractivity contribution in [2.75, 3.05) is 5.75 Å². The third-order valence-electron chi connectivity index (χ3n) is 0.312. The molecule has 0 aliphatic rings. The summed E-state index contributed by atoms with van der Waals surface area (Å²) < 4.78 is 4.22.